The highest BCUT2D eigenvalue weighted by Crippen LogP contribution is 2.49. The molecule has 1 aliphatic rings. The summed E-state index contributed by atoms with van der Waals surface area (Å²) in [5, 5.41) is 10.0. The molecule has 1 saturated carbocycles. The molecule has 0 aromatic carbocycles. The zero-order valence-corrected chi connectivity index (χ0v) is 18.8. The molecular formula is C6H7O21P5-10. The second-order valence-corrected chi connectivity index (χ2v) is 11.1. The van der Waals surface area contributed by atoms with E-state index in [-0.39, 0.29) is 0 Å². The second kappa shape index (κ2) is 10.2. The van der Waals surface area contributed by atoms with Crippen LogP contribution in [0.15, 0.2) is 0 Å². The molecule has 0 aromatic heterocycles. The Bertz CT molecular complexity index is 824. The molecule has 21 nitrogen and oxygen atoms in total. The summed E-state index contributed by atoms with van der Waals surface area (Å²) in [7, 11) is -32.2. The third kappa shape index (κ3) is 10.8. The summed E-state index contributed by atoms with van der Waals surface area (Å²) in [4.78, 5) is 109. The molecule has 1 rings (SSSR count). The van der Waals surface area contributed by atoms with Crippen molar-refractivity contribution in [1.82, 2.24) is 0 Å². The minimum Gasteiger partial charge on any atom is -0.790 e. The van der Waals surface area contributed by atoms with Gasteiger partial charge in [-0.1, -0.05) is 0 Å². The van der Waals surface area contributed by atoms with Crippen molar-refractivity contribution < 1.29 is 99.5 Å². The summed E-state index contributed by atoms with van der Waals surface area (Å²) in [6.45, 7) is 0. The van der Waals surface area contributed by atoms with E-state index in [9.17, 15) is 76.9 Å². The molecule has 0 spiro atoms. The van der Waals surface area contributed by atoms with Crippen LogP contribution in [0.1, 0.15) is 0 Å². The highest BCUT2D eigenvalue weighted by molar-refractivity contribution is 7.44. The Balaban J connectivity index is 3.77. The lowest BCUT2D eigenvalue weighted by molar-refractivity contribution is -0.384. The van der Waals surface area contributed by atoms with Crippen LogP contribution in [0.25, 0.3) is 0 Å². The first-order chi connectivity index (χ1) is 13.9. The summed E-state index contributed by atoms with van der Waals surface area (Å²) in [5.74, 6) is 0. The Labute approximate surface area is 176 Å². The van der Waals surface area contributed by atoms with Crippen molar-refractivity contribution in [2.24, 2.45) is 0 Å². The van der Waals surface area contributed by atoms with E-state index in [2.05, 4.69) is 22.6 Å². The lowest BCUT2D eigenvalue weighted by Gasteiger charge is -2.55. The molecule has 192 valence electrons. The lowest BCUT2D eigenvalue weighted by Crippen LogP contribution is -2.67. The van der Waals surface area contributed by atoms with Gasteiger partial charge in [0, 0.05) is 0 Å². The molecule has 0 aliphatic heterocycles. The van der Waals surface area contributed by atoms with Crippen LogP contribution < -0.4 is 48.9 Å². The summed E-state index contributed by atoms with van der Waals surface area (Å²) in [6.07, 6.45) is -19.5. The van der Waals surface area contributed by atoms with E-state index in [1.807, 2.05) is 0 Å². The topological polar surface area (TPSA) is 382 Å². The molecule has 1 fully saturated rings. The fraction of sp³-hybridized carbons (Fsp3) is 1.00. The lowest BCUT2D eigenvalue weighted by atomic mass is 9.85. The van der Waals surface area contributed by atoms with Gasteiger partial charge in [0.1, 0.15) is 36.6 Å². The largest absolute Gasteiger partial charge is 0.790 e. The van der Waals surface area contributed by atoms with Gasteiger partial charge in [-0.05, 0) is 0 Å². The van der Waals surface area contributed by atoms with Crippen molar-refractivity contribution in [3.63, 3.8) is 0 Å². The number of phosphoric acid groups is 5. The maximum Gasteiger partial charge on any atom is 0.121 e. The number of aliphatic hydroxyl groups excluding tert-OH is 1. The predicted octanol–water partition coefficient (Wildman–Crippen LogP) is -9.57. The maximum absolute atomic E-state index is 11.0. The van der Waals surface area contributed by atoms with Gasteiger partial charge in [-0.15, -0.1) is 0 Å². The third-order valence-electron chi connectivity index (χ3n) is 3.22. The molecule has 0 bridgehead atoms. The van der Waals surface area contributed by atoms with Crippen LogP contribution in [-0.2, 0) is 45.4 Å². The Kier molecular flexibility index (Phi) is 9.78. The zero-order chi connectivity index (χ0) is 25.5. The van der Waals surface area contributed by atoms with Gasteiger partial charge >= 0.3 is 0 Å². The molecule has 2 unspecified atom stereocenters. The van der Waals surface area contributed by atoms with Crippen LogP contribution in [0, 0.1) is 0 Å². The number of hydrogen-bond acceptors (Lipinski definition) is 21. The van der Waals surface area contributed by atoms with Gasteiger partial charge < -0.3 is 99.5 Å². The molecule has 0 amide bonds. The van der Waals surface area contributed by atoms with E-state index in [0.29, 0.717) is 0 Å². The van der Waals surface area contributed by atoms with Crippen LogP contribution in [0.4, 0.5) is 0 Å². The van der Waals surface area contributed by atoms with Crippen molar-refractivity contribution >= 4 is 39.1 Å². The fourth-order valence-electron chi connectivity index (χ4n) is 2.49. The molecule has 0 saturated heterocycles. The highest BCUT2D eigenvalue weighted by Gasteiger charge is 2.55. The van der Waals surface area contributed by atoms with E-state index in [4.69, 9.17) is 0 Å². The molecule has 1 N–H and O–H groups in total. The smallest absolute Gasteiger partial charge is 0.121 e. The second-order valence-electron chi connectivity index (χ2n) is 5.58. The number of aliphatic hydroxyl groups is 1. The zero-order valence-electron chi connectivity index (χ0n) is 14.3. The quantitative estimate of drug-likeness (QED) is 0.238. The van der Waals surface area contributed by atoms with Crippen LogP contribution in [0.3, 0.4) is 0 Å². The monoisotopic (exact) mass is 570 g/mol. The molecule has 0 aromatic rings. The van der Waals surface area contributed by atoms with E-state index < -0.39 is 75.7 Å². The first-order valence-corrected chi connectivity index (χ1v) is 14.4. The Morgan fingerprint density at radius 1 is 0.406 bits per heavy atom. The van der Waals surface area contributed by atoms with Gasteiger partial charge in [0.05, 0.1) is 39.1 Å². The number of phosphoric ester groups is 5. The van der Waals surface area contributed by atoms with Gasteiger partial charge in [-0.2, -0.15) is 0 Å². The van der Waals surface area contributed by atoms with E-state index in [1.54, 1.807) is 0 Å². The van der Waals surface area contributed by atoms with Gasteiger partial charge in [0.2, 0.25) is 0 Å². The average Bonchev–Trinajstić information content (AvgIpc) is 2.45. The Morgan fingerprint density at radius 2 is 0.562 bits per heavy atom. The van der Waals surface area contributed by atoms with E-state index in [0.717, 1.165) is 0 Å². The summed E-state index contributed by atoms with van der Waals surface area (Å²) < 4.78 is 73.0. The molecule has 0 radical (unpaired) electrons. The molecule has 1 aliphatic carbocycles. The summed E-state index contributed by atoms with van der Waals surface area (Å²) in [6, 6.07) is 0. The molecule has 26 heteroatoms. The van der Waals surface area contributed by atoms with Gasteiger partial charge in [-0.25, -0.2) is 0 Å². The maximum atomic E-state index is 11.0. The van der Waals surface area contributed by atoms with Crippen LogP contribution in [0.2, 0.25) is 0 Å². The fourth-order valence-corrected chi connectivity index (χ4v) is 5.19. The van der Waals surface area contributed by atoms with Crippen molar-refractivity contribution in [2.45, 2.75) is 36.6 Å². The van der Waals surface area contributed by atoms with E-state index >= 15 is 0 Å². The van der Waals surface area contributed by atoms with Gasteiger partial charge in [0.25, 0.3) is 0 Å². The molecular weight excluding hydrogens is 563 g/mol. The standard InChI is InChI=1S/C6H17O21P5/c7-1-2(23-28(8,9)10)4(25-30(14,15)16)6(27-32(20,21)22)5(26-31(17,18)19)3(1)24-29(11,12)13/h1-7H,(H2,8,9,10)(H2,11,12,13)(H2,14,15,16)(H2,17,18,19)(H2,20,21,22)/p-10/t1?,2-,3+,4+,5-,6?. The molecule has 32 heavy (non-hydrogen) atoms. The normalized spacial score (nSPS) is 31.0. The minimum atomic E-state index is -6.51. The minimum absolute atomic E-state index is 3.20. The number of hydrogen-bond donors (Lipinski definition) is 1. The highest BCUT2D eigenvalue weighted by atomic mass is 31.2. The van der Waals surface area contributed by atoms with Crippen LogP contribution in [0.5, 0.6) is 0 Å². The third-order valence-corrected chi connectivity index (χ3v) is 5.73. The SMILES string of the molecule is O=P([O-])([O-])OC1[C@@H](OP(=O)([O-])[O-])[C@H](OP(=O)([O-])[O-])C(O)[C@H](OP(=O)([O-])[O-])[C@H]1OP(=O)([O-])[O-]. The van der Waals surface area contributed by atoms with Crippen molar-refractivity contribution in [3.05, 3.63) is 0 Å². The van der Waals surface area contributed by atoms with Crippen molar-refractivity contribution in [3.8, 4) is 0 Å². The first-order valence-electron chi connectivity index (χ1n) is 7.09. The van der Waals surface area contributed by atoms with Gasteiger partial charge in [-0.3, -0.25) is 0 Å². The first kappa shape index (κ1) is 30.5. The Hall–Kier alpha value is 0.510. The Morgan fingerprint density at radius 3 is 0.750 bits per heavy atom. The van der Waals surface area contributed by atoms with Crippen LogP contribution in [-0.4, -0.2) is 41.7 Å². The summed E-state index contributed by atoms with van der Waals surface area (Å²) >= 11 is 0. The van der Waals surface area contributed by atoms with Crippen LogP contribution >= 0.6 is 39.1 Å². The van der Waals surface area contributed by atoms with E-state index in [1.165, 1.54) is 0 Å². The average molecular weight is 570 g/mol. The van der Waals surface area contributed by atoms with Crippen molar-refractivity contribution in [1.29, 1.82) is 0 Å². The predicted molar refractivity (Wildman–Crippen MR) is 68.4 cm³/mol. The number of rotatable bonds is 10. The van der Waals surface area contributed by atoms with Crippen molar-refractivity contribution in [2.75, 3.05) is 0 Å². The van der Waals surface area contributed by atoms with Gasteiger partial charge in [0.15, 0.2) is 0 Å². The summed E-state index contributed by atoms with van der Waals surface area (Å²) in [5.41, 5.74) is 0. The molecule has 0 heterocycles. The molecule has 6 atom stereocenters.